The molecule has 0 bridgehead atoms. The van der Waals surface area contributed by atoms with E-state index < -0.39 is 6.04 Å². The van der Waals surface area contributed by atoms with Crippen LogP contribution in [0, 0.1) is 0 Å². The molecule has 1 aliphatic heterocycles. The highest BCUT2D eigenvalue weighted by Gasteiger charge is 2.27. The van der Waals surface area contributed by atoms with Crippen LogP contribution in [0.25, 0.3) is 0 Å². The Bertz CT molecular complexity index is 246. The summed E-state index contributed by atoms with van der Waals surface area (Å²) in [6, 6.07) is -0.942. The maximum Gasteiger partial charge on any atom is 0.244 e. The maximum absolute atomic E-state index is 11.6. The zero-order chi connectivity index (χ0) is 10.7. The first kappa shape index (κ1) is 14.2. The quantitative estimate of drug-likeness (QED) is 0.677. The number of likely N-dealkylation sites (N-methyl/N-ethyl adjacent to an activating group) is 1. The Hall–Kier alpha value is -0.810. The second kappa shape index (κ2) is 5.92. The summed E-state index contributed by atoms with van der Waals surface area (Å²) in [5.74, 6) is -0.288. The van der Waals surface area contributed by atoms with E-state index in [1.165, 1.54) is 0 Å². The van der Waals surface area contributed by atoms with Crippen LogP contribution in [0.4, 0.5) is 0 Å². The number of piperidine rings is 1. The zero-order valence-electron chi connectivity index (χ0n) is 9.03. The number of carbonyl (C=O) groups is 2. The zero-order valence-corrected chi connectivity index (χ0v) is 9.84. The first-order chi connectivity index (χ1) is 6.52. The van der Waals surface area contributed by atoms with Gasteiger partial charge in [-0.05, 0) is 19.8 Å². The normalized spacial score (nSPS) is 23.0. The monoisotopic (exact) mass is 235 g/mol. The van der Waals surface area contributed by atoms with Crippen LogP contribution in [0.2, 0.25) is 0 Å². The molecule has 88 valence electrons. The molecule has 6 heteroatoms. The van der Waals surface area contributed by atoms with Crippen LogP contribution < -0.4 is 11.1 Å². The summed E-state index contributed by atoms with van der Waals surface area (Å²) in [6.45, 7) is 2.37. The maximum atomic E-state index is 11.6. The number of rotatable bonds is 2. The Labute approximate surface area is 95.8 Å². The number of nitrogens with two attached hydrogens (primary N) is 1. The van der Waals surface area contributed by atoms with E-state index >= 15 is 0 Å². The fourth-order valence-corrected chi connectivity index (χ4v) is 1.47. The number of hydrogen-bond donors (Lipinski definition) is 2. The van der Waals surface area contributed by atoms with Gasteiger partial charge in [-0.2, -0.15) is 0 Å². The van der Waals surface area contributed by atoms with E-state index in [0.717, 1.165) is 13.0 Å². The summed E-state index contributed by atoms with van der Waals surface area (Å²) in [6.07, 6.45) is 1.63. The van der Waals surface area contributed by atoms with Crippen molar-refractivity contribution < 1.29 is 9.59 Å². The Kier molecular flexibility index (Phi) is 5.60. The molecule has 1 aliphatic rings. The number of amides is 2. The molecule has 0 spiro atoms. The molecule has 1 fully saturated rings. The van der Waals surface area contributed by atoms with Crippen LogP contribution in [0.15, 0.2) is 0 Å². The van der Waals surface area contributed by atoms with Crippen LogP contribution in [-0.2, 0) is 9.59 Å². The van der Waals surface area contributed by atoms with E-state index in [2.05, 4.69) is 5.32 Å². The standard InChI is InChI=1S/C9H17N3O2.ClH/c1-6(10)8(13)11-7-4-3-5-12(2)9(7)14;/h6-7H,3-5,10H2,1-2H3,(H,11,13);1H/t6-,7?;/m1./s1. The lowest BCUT2D eigenvalue weighted by atomic mass is 10.1. The summed E-state index contributed by atoms with van der Waals surface area (Å²) in [5, 5.41) is 2.64. The van der Waals surface area contributed by atoms with Crippen molar-refractivity contribution in [3.8, 4) is 0 Å². The van der Waals surface area contributed by atoms with Gasteiger partial charge in [0.2, 0.25) is 11.8 Å². The Morgan fingerprint density at radius 2 is 2.27 bits per heavy atom. The SMILES string of the molecule is C[C@@H](N)C(=O)NC1CCCN(C)C1=O.Cl. The molecule has 0 aromatic heterocycles. The van der Waals surface area contributed by atoms with Crippen molar-refractivity contribution in [2.24, 2.45) is 5.73 Å². The van der Waals surface area contributed by atoms with E-state index in [1.54, 1.807) is 18.9 Å². The molecular formula is C9H18ClN3O2. The smallest absolute Gasteiger partial charge is 0.244 e. The molecule has 2 amide bonds. The summed E-state index contributed by atoms with van der Waals surface area (Å²) >= 11 is 0. The van der Waals surface area contributed by atoms with Gasteiger partial charge in [-0.1, -0.05) is 0 Å². The lowest BCUT2D eigenvalue weighted by Gasteiger charge is -2.29. The molecule has 3 N–H and O–H groups in total. The number of likely N-dealkylation sites (tertiary alicyclic amines) is 1. The number of nitrogens with zero attached hydrogens (tertiary/aromatic N) is 1. The van der Waals surface area contributed by atoms with E-state index in [0.29, 0.717) is 6.42 Å². The number of halogens is 1. The molecule has 5 nitrogen and oxygen atoms in total. The molecule has 1 saturated heterocycles. The highest BCUT2D eigenvalue weighted by molar-refractivity contribution is 5.89. The first-order valence-corrected chi connectivity index (χ1v) is 4.83. The van der Waals surface area contributed by atoms with Crippen LogP contribution in [-0.4, -0.2) is 42.4 Å². The highest BCUT2D eigenvalue weighted by atomic mass is 35.5. The van der Waals surface area contributed by atoms with Crippen molar-refractivity contribution in [1.82, 2.24) is 10.2 Å². The fraction of sp³-hybridized carbons (Fsp3) is 0.778. The predicted octanol–water partition coefficient (Wildman–Crippen LogP) is -0.508. The van der Waals surface area contributed by atoms with Crippen molar-refractivity contribution in [2.75, 3.05) is 13.6 Å². The van der Waals surface area contributed by atoms with Gasteiger partial charge in [0.15, 0.2) is 0 Å². The summed E-state index contributed by atoms with van der Waals surface area (Å²) in [5.41, 5.74) is 5.40. The van der Waals surface area contributed by atoms with Gasteiger partial charge >= 0.3 is 0 Å². The summed E-state index contributed by atoms with van der Waals surface area (Å²) in [7, 11) is 1.74. The topological polar surface area (TPSA) is 75.4 Å². The summed E-state index contributed by atoms with van der Waals surface area (Å²) < 4.78 is 0. The van der Waals surface area contributed by atoms with Gasteiger partial charge in [0, 0.05) is 13.6 Å². The molecule has 1 rings (SSSR count). The van der Waals surface area contributed by atoms with Crippen molar-refractivity contribution in [2.45, 2.75) is 31.8 Å². The van der Waals surface area contributed by atoms with Crippen molar-refractivity contribution in [3.05, 3.63) is 0 Å². The van der Waals surface area contributed by atoms with Gasteiger partial charge in [-0.25, -0.2) is 0 Å². The Morgan fingerprint density at radius 1 is 1.67 bits per heavy atom. The van der Waals surface area contributed by atoms with E-state index in [-0.39, 0.29) is 30.3 Å². The number of carbonyl (C=O) groups excluding carboxylic acids is 2. The third kappa shape index (κ3) is 3.68. The molecule has 1 unspecified atom stereocenters. The van der Waals surface area contributed by atoms with E-state index in [4.69, 9.17) is 5.73 Å². The minimum Gasteiger partial charge on any atom is -0.344 e. The molecule has 1 heterocycles. The number of nitrogens with one attached hydrogen (secondary N) is 1. The minimum absolute atomic E-state index is 0. The number of hydrogen-bond acceptors (Lipinski definition) is 3. The minimum atomic E-state index is -0.560. The molecule has 0 aromatic carbocycles. The Morgan fingerprint density at radius 3 is 2.80 bits per heavy atom. The lowest BCUT2D eigenvalue weighted by Crippen LogP contribution is -2.53. The Balaban J connectivity index is 0.00000196. The van der Waals surface area contributed by atoms with Crippen molar-refractivity contribution in [3.63, 3.8) is 0 Å². The van der Waals surface area contributed by atoms with Gasteiger partial charge in [-0.3, -0.25) is 9.59 Å². The van der Waals surface area contributed by atoms with Gasteiger partial charge in [-0.15, -0.1) is 12.4 Å². The molecule has 0 radical (unpaired) electrons. The van der Waals surface area contributed by atoms with E-state index in [1.807, 2.05) is 0 Å². The van der Waals surface area contributed by atoms with Gasteiger partial charge in [0.05, 0.1) is 6.04 Å². The van der Waals surface area contributed by atoms with Crippen LogP contribution in [0.5, 0.6) is 0 Å². The first-order valence-electron chi connectivity index (χ1n) is 4.83. The highest BCUT2D eigenvalue weighted by Crippen LogP contribution is 2.09. The molecule has 0 saturated carbocycles. The molecule has 2 atom stereocenters. The fourth-order valence-electron chi connectivity index (χ4n) is 1.47. The lowest BCUT2D eigenvalue weighted by molar-refractivity contribution is -0.137. The summed E-state index contributed by atoms with van der Waals surface area (Å²) in [4.78, 5) is 24.4. The third-order valence-electron chi connectivity index (χ3n) is 2.39. The van der Waals surface area contributed by atoms with Crippen molar-refractivity contribution >= 4 is 24.2 Å². The van der Waals surface area contributed by atoms with Gasteiger partial charge < -0.3 is 16.0 Å². The second-order valence-electron chi connectivity index (χ2n) is 3.75. The van der Waals surface area contributed by atoms with Gasteiger partial charge in [0.1, 0.15) is 6.04 Å². The average molecular weight is 236 g/mol. The molecular weight excluding hydrogens is 218 g/mol. The molecule has 15 heavy (non-hydrogen) atoms. The molecule has 0 aromatic rings. The average Bonchev–Trinajstić information content (AvgIpc) is 2.12. The van der Waals surface area contributed by atoms with E-state index in [9.17, 15) is 9.59 Å². The third-order valence-corrected chi connectivity index (χ3v) is 2.39. The largest absolute Gasteiger partial charge is 0.344 e. The second-order valence-corrected chi connectivity index (χ2v) is 3.75. The molecule has 0 aliphatic carbocycles. The van der Waals surface area contributed by atoms with Crippen LogP contribution in [0.1, 0.15) is 19.8 Å². The van der Waals surface area contributed by atoms with Crippen molar-refractivity contribution in [1.29, 1.82) is 0 Å². The van der Waals surface area contributed by atoms with Gasteiger partial charge in [0.25, 0.3) is 0 Å². The van der Waals surface area contributed by atoms with Crippen LogP contribution >= 0.6 is 12.4 Å². The van der Waals surface area contributed by atoms with Crippen LogP contribution in [0.3, 0.4) is 0 Å². The predicted molar refractivity (Wildman–Crippen MR) is 59.7 cm³/mol.